The number of rotatable bonds is 3. The van der Waals surface area contributed by atoms with Crippen LogP contribution in [0.15, 0.2) is 41.5 Å². The number of hydrogen-bond donors (Lipinski definition) is 1. The van der Waals surface area contributed by atoms with E-state index in [0.29, 0.717) is 35.2 Å². The molecule has 0 spiro atoms. The Morgan fingerprint density at radius 3 is 2.32 bits per heavy atom. The Kier molecular flexibility index (Phi) is 3.63. The van der Waals surface area contributed by atoms with Gasteiger partial charge in [-0.05, 0) is 49.5 Å². The van der Waals surface area contributed by atoms with Gasteiger partial charge in [-0.25, -0.2) is 9.69 Å². The molecule has 1 heterocycles. The lowest BCUT2D eigenvalue weighted by Gasteiger charge is -2.15. The maximum Gasteiger partial charge on any atom is 0.328 e. The summed E-state index contributed by atoms with van der Waals surface area (Å²) in [5.74, 6) is -1.52. The van der Waals surface area contributed by atoms with Crippen LogP contribution in [0.3, 0.4) is 0 Å². The molecule has 5 heteroatoms. The van der Waals surface area contributed by atoms with Gasteiger partial charge in [-0.1, -0.05) is 12.1 Å². The van der Waals surface area contributed by atoms with Gasteiger partial charge in [0.05, 0.1) is 5.69 Å². The van der Waals surface area contributed by atoms with Crippen molar-refractivity contribution in [3.8, 4) is 0 Å². The molecule has 0 bridgehead atoms. The highest BCUT2D eigenvalue weighted by molar-refractivity contribution is 6.33. The van der Waals surface area contributed by atoms with E-state index >= 15 is 0 Å². The number of aliphatic carboxylic acids is 1. The molecule has 0 atom stereocenters. The molecule has 5 nitrogen and oxygen atoms in total. The average Bonchev–Trinajstić information content (AvgIpc) is 2.78. The second-order valence-corrected chi connectivity index (χ2v) is 5.38. The Morgan fingerprint density at radius 1 is 1.09 bits per heavy atom. The largest absolute Gasteiger partial charge is 0.478 e. The molecule has 22 heavy (non-hydrogen) atoms. The molecule has 1 aliphatic carbocycles. The molecule has 0 unspecified atom stereocenters. The van der Waals surface area contributed by atoms with E-state index in [1.807, 2.05) is 0 Å². The fourth-order valence-corrected chi connectivity index (χ4v) is 2.91. The molecule has 0 aromatic heterocycles. The van der Waals surface area contributed by atoms with Crippen LogP contribution < -0.4 is 4.90 Å². The monoisotopic (exact) mass is 297 g/mol. The van der Waals surface area contributed by atoms with E-state index in [4.69, 9.17) is 5.11 Å². The van der Waals surface area contributed by atoms with Crippen LogP contribution in [-0.4, -0.2) is 22.9 Å². The molecule has 0 radical (unpaired) electrons. The van der Waals surface area contributed by atoms with Crippen molar-refractivity contribution in [3.05, 3.63) is 47.1 Å². The molecule has 1 aromatic carbocycles. The minimum Gasteiger partial charge on any atom is -0.478 e. The van der Waals surface area contributed by atoms with Crippen molar-refractivity contribution < 1.29 is 19.5 Å². The molecule has 3 rings (SSSR count). The van der Waals surface area contributed by atoms with Gasteiger partial charge < -0.3 is 5.11 Å². The van der Waals surface area contributed by atoms with Crippen molar-refractivity contribution in [1.29, 1.82) is 0 Å². The van der Waals surface area contributed by atoms with Gasteiger partial charge in [-0.15, -0.1) is 0 Å². The van der Waals surface area contributed by atoms with Crippen LogP contribution in [0.4, 0.5) is 5.69 Å². The summed E-state index contributed by atoms with van der Waals surface area (Å²) in [6.07, 6.45) is 5.66. The predicted octanol–water partition coefficient (Wildman–Crippen LogP) is 2.53. The second kappa shape index (κ2) is 5.60. The Labute approximate surface area is 127 Å². The summed E-state index contributed by atoms with van der Waals surface area (Å²) in [5.41, 5.74) is 2.40. The van der Waals surface area contributed by atoms with Gasteiger partial charge in [-0.2, -0.15) is 0 Å². The Balaban J connectivity index is 1.92. The summed E-state index contributed by atoms with van der Waals surface area (Å²) in [5, 5.41) is 8.67. The molecule has 1 N–H and O–H groups in total. The number of benzene rings is 1. The highest BCUT2D eigenvalue weighted by atomic mass is 16.4. The van der Waals surface area contributed by atoms with E-state index in [-0.39, 0.29) is 11.8 Å². The third-order valence-corrected chi connectivity index (χ3v) is 3.94. The number of carboxylic acids is 1. The number of imide groups is 1. The Bertz CT molecular complexity index is 702. The molecule has 0 fully saturated rings. The number of amides is 2. The average molecular weight is 297 g/mol. The molecule has 2 amide bonds. The zero-order valence-corrected chi connectivity index (χ0v) is 11.9. The standard InChI is InChI=1S/C17H15NO4/c19-15(20)9-8-11-4-3-5-12(10-11)18-16(21)13-6-1-2-7-14(13)17(18)22/h3-5,8-10H,1-2,6-7H2,(H,19,20)/b9-8+. The summed E-state index contributed by atoms with van der Waals surface area (Å²) in [6.45, 7) is 0. The van der Waals surface area contributed by atoms with Crippen LogP contribution in [-0.2, 0) is 14.4 Å². The van der Waals surface area contributed by atoms with Gasteiger partial charge in [-0.3, -0.25) is 9.59 Å². The Hall–Kier alpha value is -2.69. The molecule has 1 aliphatic heterocycles. The molecule has 0 saturated carbocycles. The van der Waals surface area contributed by atoms with E-state index in [1.165, 1.54) is 11.0 Å². The van der Waals surface area contributed by atoms with E-state index < -0.39 is 5.97 Å². The first kappa shape index (κ1) is 14.3. The van der Waals surface area contributed by atoms with Crippen molar-refractivity contribution in [2.75, 3.05) is 4.90 Å². The number of carbonyl (C=O) groups excluding carboxylic acids is 2. The number of nitrogens with zero attached hydrogens (tertiary/aromatic N) is 1. The van der Waals surface area contributed by atoms with Crippen LogP contribution in [0.5, 0.6) is 0 Å². The number of carboxylic acid groups (broad SMARTS) is 1. The molecule has 2 aliphatic rings. The van der Waals surface area contributed by atoms with Crippen LogP contribution >= 0.6 is 0 Å². The van der Waals surface area contributed by atoms with Gasteiger partial charge in [0.2, 0.25) is 0 Å². The minimum absolute atomic E-state index is 0.237. The molecule has 1 aromatic rings. The van der Waals surface area contributed by atoms with Crippen molar-refractivity contribution in [2.45, 2.75) is 25.7 Å². The third-order valence-electron chi connectivity index (χ3n) is 3.94. The van der Waals surface area contributed by atoms with Gasteiger partial charge >= 0.3 is 5.97 Å². The van der Waals surface area contributed by atoms with Crippen LogP contribution in [0, 0.1) is 0 Å². The number of hydrogen-bond acceptors (Lipinski definition) is 3. The highest BCUT2D eigenvalue weighted by Gasteiger charge is 2.39. The maximum absolute atomic E-state index is 12.5. The van der Waals surface area contributed by atoms with Gasteiger partial charge in [0.25, 0.3) is 11.8 Å². The lowest BCUT2D eigenvalue weighted by molar-refractivity contribution is -0.131. The van der Waals surface area contributed by atoms with E-state index in [1.54, 1.807) is 24.3 Å². The van der Waals surface area contributed by atoms with Gasteiger partial charge in [0.1, 0.15) is 0 Å². The third kappa shape index (κ3) is 2.45. The maximum atomic E-state index is 12.5. The van der Waals surface area contributed by atoms with Gasteiger partial charge in [0, 0.05) is 17.2 Å². The summed E-state index contributed by atoms with van der Waals surface area (Å²) < 4.78 is 0. The quantitative estimate of drug-likeness (QED) is 0.687. The fraction of sp³-hybridized carbons (Fsp3) is 0.235. The highest BCUT2D eigenvalue weighted by Crippen LogP contribution is 2.35. The first-order valence-electron chi connectivity index (χ1n) is 7.20. The molecule has 0 saturated heterocycles. The first-order chi connectivity index (χ1) is 10.6. The van der Waals surface area contributed by atoms with E-state index in [0.717, 1.165) is 18.9 Å². The van der Waals surface area contributed by atoms with Crippen molar-refractivity contribution in [2.24, 2.45) is 0 Å². The summed E-state index contributed by atoms with van der Waals surface area (Å²) in [7, 11) is 0. The minimum atomic E-state index is -1.05. The summed E-state index contributed by atoms with van der Waals surface area (Å²) >= 11 is 0. The van der Waals surface area contributed by atoms with Crippen molar-refractivity contribution >= 4 is 29.5 Å². The van der Waals surface area contributed by atoms with E-state index in [2.05, 4.69) is 0 Å². The van der Waals surface area contributed by atoms with Crippen LogP contribution in [0.25, 0.3) is 6.08 Å². The normalized spacial score (nSPS) is 18.3. The SMILES string of the molecule is O=C(O)/C=C/c1cccc(N2C(=O)C3=C(CCCC3)C2=O)c1. The molecular formula is C17H15NO4. The summed E-state index contributed by atoms with van der Waals surface area (Å²) in [6, 6.07) is 6.76. The predicted molar refractivity (Wildman–Crippen MR) is 81.1 cm³/mol. The topological polar surface area (TPSA) is 74.7 Å². The second-order valence-electron chi connectivity index (χ2n) is 5.38. The number of carbonyl (C=O) groups is 3. The Morgan fingerprint density at radius 2 is 1.73 bits per heavy atom. The number of anilines is 1. The molecular weight excluding hydrogens is 282 g/mol. The van der Waals surface area contributed by atoms with Crippen LogP contribution in [0.2, 0.25) is 0 Å². The lowest BCUT2D eigenvalue weighted by atomic mass is 9.93. The summed E-state index contributed by atoms with van der Waals surface area (Å²) in [4.78, 5) is 36.7. The van der Waals surface area contributed by atoms with Gasteiger partial charge in [0.15, 0.2) is 0 Å². The zero-order chi connectivity index (χ0) is 15.7. The van der Waals surface area contributed by atoms with E-state index in [9.17, 15) is 14.4 Å². The first-order valence-corrected chi connectivity index (χ1v) is 7.20. The smallest absolute Gasteiger partial charge is 0.328 e. The van der Waals surface area contributed by atoms with Crippen molar-refractivity contribution in [1.82, 2.24) is 0 Å². The zero-order valence-electron chi connectivity index (χ0n) is 11.9. The fourth-order valence-electron chi connectivity index (χ4n) is 2.91. The van der Waals surface area contributed by atoms with Crippen LogP contribution in [0.1, 0.15) is 31.2 Å². The van der Waals surface area contributed by atoms with Crippen molar-refractivity contribution in [3.63, 3.8) is 0 Å². The lowest BCUT2D eigenvalue weighted by Crippen LogP contribution is -2.31. The molecule has 112 valence electrons.